The SMILES string of the molecule is COc1ccc(OC)c(N(C)C(=O)CC(=O)O)c1. The summed E-state index contributed by atoms with van der Waals surface area (Å²) in [5.41, 5.74) is 0.461. The Morgan fingerprint density at radius 3 is 2.44 bits per heavy atom. The first kappa shape index (κ1) is 13.8. The molecule has 18 heavy (non-hydrogen) atoms. The molecule has 1 amide bonds. The van der Waals surface area contributed by atoms with Crippen molar-refractivity contribution in [2.75, 3.05) is 26.2 Å². The number of carboxylic acids is 1. The average molecular weight is 253 g/mol. The van der Waals surface area contributed by atoms with E-state index in [1.54, 1.807) is 18.2 Å². The van der Waals surface area contributed by atoms with Crippen molar-refractivity contribution >= 4 is 17.6 Å². The smallest absolute Gasteiger partial charge is 0.312 e. The third-order valence-electron chi connectivity index (χ3n) is 2.42. The van der Waals surface area contributed by atoms with Gasteiger partial charge in [0.15, 0.2) is 0 Å². The number of carbonyl (C=O) groups excluding carboxylic acids is 1. The topological polar surface area (TPSA) is 76.1 Å². The van der Waals surface area contributed by atoms with E-state index in [0.717, 1.165) is 0 Å². The standard InChI is InChI=1S/C12H15NO5/c1-13(11(14)7-12(15)16)9-6-8(17-2)4-5-10(9)18-3/h4-6H,7H2,1-3H3,(H,15,16). The molecule has 0 radical (unpaired) electrons. The number of methoxy groups -OCH3 is 2. The van der Waals surface area contributed by atoms with E-state index in [2.05, 4.69) is 0 Å². The van der Waals surface area contributed by atoms with Crippen LogP contribution in [0.3, 0.4) is 0 Å². The van der Waals surface area contributed by atoms with Crippen LogP contribution in [0.2, 0.25) is 0 Å². The minimum Gasteiger partial charge on any atom is -0.497 e. The van der Waals surface area contributed by atoms with Gasteiger partial charge in [-0.25, -0.2) is 0 Å². The summed E-state index contributed by atoms with van der Waals surface area (Å²) in [5.74, 6) is -0.680. The van der Waals surface area contributed by atoms with Gasteiger partial charge in [-0.15, -0.1) is 0 Å². The van der Waals surface area contributed by atoms with E-state index >= 15 is 0 Å². The molecule has 6 heteroatoms. The monoisotopic (exact) mass is 253 g/mol. The lowest BCUT2D eigenvalue weighted by molar-refractivity contribution is -0.140. The number of carboxylic acid groups (broad SMARTS) is 1. The normalized spacial score (nSPS) is 9.72. The molecule has 1 aromatic carbocycles. The predicted molar refractivity (Wildman–Crippen MR) is 65.2 cm³/mol. The van der Waals surface area contributed by atoms with Gasteiger partial charge in [0.05, 0.1) is 19.9 Å². The summed E-state index contributed by atoms with van der Waals surface area (Å²) < 4.78 is 10.2. The van der Waals surface area contributed by atoms with Gasteiger partial charge >= 0.3 is 5.97 Å². The van der Waals surface area contributed by atoms with Crippen LogP contribution < -0.4 is 14.4 Å². The number of nitrogens with zero attached hydrogens (tertiary/aromatic N) is 1. The van der Waals surface area contributed by atoms with Gasteiger partial charge in [-0.05, 0) is 12.1 Å². The summed E-state index contributed by atoms with van der Waals surface area (Å²) in [6.07, 6.45) is -0.573. The fourth-order valence-corrected chi connectivity index (χ4v) is 1.44. The van der Waals surface area contributed by atoms with Gasteiger partial charge in [0.2, 0.25) is 5.91 Å². The zero-order chi connectivity index (χ0) is 13.7. The van der Waals surface area contributed by atoms with Gasteiger partial charge in [-0.1, -0.05) is 0 Å². The van der Waals surface area contributed by atoms with Crippen molar-refractivity contribution in [3.8, 4) is 11.5 Å². The highest BCUT2D eigenvalue weighted by atomic mass is 16.5. The third-order valence-corrected chi connectivity index (χ3v) is 2.42. The maximum absolute atomic E-state index is 11.7. The Labute approximate surface area is 105 Å². The molecule has 0 saturated heterocycles. The summed E-state index contributed by atoms with van der Waals surface area (Å²) in [6, 6.07) is 4.95. The Morgan fingerprint density at radius 2 is 1.94 bits per heavy atom. The second-order valence-electron chi connectivity index (χ2n) is 3.56. The van der Waals surface area contributed by atoms with Gasteiger partial charge in [0.25, 0.3) is 0 Å². The van der Waals surface area contributed by atoms with E-state index < -0.39 is 18.3 Å². The highest BCUT2D eigenvalue weighted by Crippen LogP contribution is 2.31. The van der Waals surface area contributed by atoms with Crippen LogP contribution in [-0.4, -0.2) is 38.3 Å². The highest BCUT2D eigenvalue weighted by Gasteiger charge is 2.18. The molecule has 0 aromatic heterocycles. The molecule has 0 aliphatic carbocycles. The van der Waals surface area contributed by atoms with Crippen LogP contribution in [-0.2, 0) is 9.59 Å². The fraction of sp³-hybridized carbons (Fsp3) is 0.333. The molecule has 1 N–H and O–H groups in total. The predicted octanol–water partition coefficient (Wildman–Crippen LogP) is 1.14. The quantitative estimate of drug-likeness (QED) is 0.796. The second kappa shape index (κ2) is 5.90. The first-order chi connectivity index (χ1) is 8.49. The van der Waals surface area contributed by atoms with E-state index in [0.29, 0.717) is 17.2 Å². The van der Waals surface area contributed by atoms with Crippen molar-refractivity contribution in [2.24, 2.45) is 0 Å². The van der Waals surface area contributed by atoms with Crippen LogP contribution >= 0.6 is 0 Å². The first-order valence-corrected chi connectivity index (χ1v) is 5.20. The molecule has 0 unspecified atom stereocenters. The van der Waals surface area contributed by atoms with E-state index in [4.69, 9.17) is 14.6 Å². The highest BCUT2D eigenvalue weighted by molar-refractivity contribution is 6.03. The van der Waals surface area contributed by atoms with Gasteiger partial charge < -0.3 is 19.5 Å². The van der Waals surface area contributed by atoms with Crippen LogP contribution in [0.25, 0.3) is 0 Å². The Morgan fingerprint density at radius 1 is 1.28 bits per heavy atom. The maximum atomic E-state index is 11.7. The van der Waals surface area contributed by atoms with Gasteiger partial charge in [-0.2, -0.15) is 0 Å². The Bertz CT molecular complexity index is 458. The van der Waals surface area contributed by atoms with E-state index in [1.807, 2.05) is 0 Å². The molecule has 98 valence electrons. The van der Waals surface area contributed by atoms with Gasteiger partial charge in [-0.3, -0.25) is 9.59 Å². The summed E-state index contributed by atoms with van der Waals surface area (Å²) in [5, 5.41) is 8.60. The van der Waals surface area contributed by atoms with Crippen LogP contribution in [0.4, 0.5) is 5.69 Å². The fourth-order valence-electron chi connectivity index (χ4n) is 1.44. The molecule has 1 aromatic rings. The average Bonchev–Trinajstić information content (AvgIpc) is 2.36. The zero-order valence-corrected chi connectivity index (χ0v) is 10.5. The van der Waals surface area contributed by atoms with E-state index in [1.165, 1.54) is 26.2 Å². The number of hydrogen-bond donors (Lipinski definition) is 1. The molecule has 6 nitrogen and oxygen atoms in total. The Balaban J connectivity index is 3.05. The molecule has 1 rings (SSSR count). The Hall–Kier alpha value is -2.24. The largest absolute Gasteiger partial charge is 0.497 e. The molecule has 0 aliphatic rings. The number of carbonyl (C=O) groups is 2. The molecule has 0 bridgehead atoms. The lowest BCUT2D eigenvalue weighted by atomic mass is 10.2. The van der Waals surface area contributed by atoms with E-state index in [9.17, 15) is 9.59 Å². The van der Waals surface area contributed by atoms with Gasteiger partial charge in [0.1, 0.15) is 17.9 Å². The van der Waals surface area contributed by atoms with Crippen molar-refractivity contribution in [1.82, 2.24) is 0 Å². The summed E-state index contributed by atoms with van der Waals surface area (Å²) in [7, 11) is 4.47. The summed E-state index contributed by atoms with van der Waals surface area (Å²) >= 11 is 0. The molecule has 0 heterocycles. The number of rotatable bonds is 5. The minimum atomic E-state index is -1.17. The zero-order valence-electron chi connectivity index (χ0n) is 10.5. The van der Waals surface area contributed by atoms with Gasteiger partial charge in [0, 0.05) is 13.1 Å². The van der Waals surface area contributed by atoms with Crippen molar-refractivity contribution in [3.63, 3.8) is 0 Å². The number of anilines is 1. The molecule has 0 spiro atoms. The number of ether oxygens (including phenoxy) is 2. The molecule has 0 atom stereocenters. The number of hydrogen-bond acceptors (Lipinski definition) is 4. The number of aliphatic carboxylic acids is 1. The van der Waals surface area contributed by atoms with E-state index in [-0.39, 0.29) is 0 Å². The lowest BCUT2D eigenvalue weighted by Gasteiger charge is -2.20. The van der Waals surface area contributed by atoms with Crippen molar-refractivity contribution < 1.29 is 24.2 Å². The Kier molecular flexibility index (Phi) is 4.53. The molecule has 0 aliphatic heterocycles. The maximum Gasteiger partial charge on any atom is 0.312 e. The van der Waals surface area contributed by atoms with Crippen LogP contribution in [0.15, 0.2) is 18.2 Å². The summed E-state index contributed by atoms with van der Waals surface area (Å²) in [4.78, 5) is 23.4. The minimum absolute atomic E-state index is 0.461. The molecule has 0 fully saturated rings. The lowest BCUT2D eigenvalue weighted by Crippen LogP contribution is -2.28. The second-order valence-corrected chi connectivity index (χ2v) is 3.56. The summed E-state index contributed by atoms with van der Waals surface area (Å²) in [6.45, 7) is 0. The van der Waals surface area contributed by atoms with Crippen molar-refractivity contribution in [2.45, 2.75) is 6.42 Å². The molecular weight excluding hydrogens is 238 g/mol. The number of amides is 1. The molecule has 0 saturated carbocycles. The van der Waals surface area contributed by atoms with Crippen LogP contribution in [0.1, 0.15) is 6.42 Å². The number of benzene rings is 1. The van der Waals surface area contributed by atoms with Crippen LogP contribution in [0.5, 0.6) is 11.5 Å². The first-order valence-electron chi connectivity index (χ1n) is 5.20. The van der Waals surface area contributed by atoms with Crippen molar-refractivity contribution in [1.29, 1.82) is 0 Å². The molecular formula is C12H15NO5. The van der Waals surface area contributed by atoms with Crippen molar-refractivity contribution in [3.05, 3.63) is 18.2 Å². The van der Waals surface area contributed by atoms with Crippen LogP contribution in [0, 0.1) is 0 Å². The third kappa shape index (κ3) is 3.13.